The Morgan fingerprint density at radius 2 is 1.78 bits per heavy atom. The van der Waals surface area contributed by atoms with Crippen molar-refractivity contribution in [2.75, 3.05) is 4.90 Å². The van der Waals surface area contributed by atoms with Crippen LogP contribution in [0.15, 0.2) is 46.4 Å². The number of hydrogen-bond donors (Lipinski definition) is 1. The van der Waals surface area contributed by atoms with Crippen LogP contribution >= 0.6 is 0 Å². The van der Waals surface area contributed by atoms with Crippen molar-refractivity contribution in [3.05, 3.63) is 59.1 Å². The minimum absolute atomic E-state index is 0.114. The molecule has 1 aliphatic heterocycles. The van der Waals surface area contributed by atoms with Crippen LogP contribution in [0.2, 0.25) is 0 Å². The third kappa shape index (κ3) is 2.66. The summed E-state index contributed by atoms with van der Waals surface area (Å²) in [5.74, 6) is -0.110. The minimum atomic E-state index is -0.761. The van der Waals surface area contributed by atoms with Crippen LogP contribution in [0.1, 0.15) is 17.1 Å². The van der Waals surface area contributed by atoms with Gasteiger partial charge in [-0.25, -0.2) is 9.69 Å². The van der Waals surface area contributed by atoms with E-state index in [0.29, 0.717) is 22.8 Å². The molecule has 1 fully saturated rings. The van der Waals surface area contributed by atoms with Crippen molar-refractivity contribution in [1.82, 2.24) is 5.32 Å². The van der Waals surface area contributed by atoms with Gasteiger partial charge >= 0.3 is 6.03 Å². The lowest BCUT2D eigenvalue weighted by atomic mass is 10.1. The van der Waals surface area contributed by atoms with E-state index in [9.17, 15) is 14.4 Å². The maximum absolute atomic E-state index is 12.6. The number of barbiturate groups is 1. The first-order valence-electron chi connectivity index (χ1n) is 7.01. The fourth-order valence-corrected chi connectivity index (χ4v) is 2.42. The van der Waals surface area contributed by atoms with Gasteiger partial charge in [0.15, 0.2) is 0 Å². The van der Waals surface area contributed by atoms with Crippen molar-refractivity contribution in [2.24, 2.45) is 0 Å². The number of anilines is 1. The monoisotopic (exact) mass is 310 g/mol. The van der Waals surface area contributed by atoms with Gasteiger partial charge in [0.05, 0.1) is 5.69 Å². The molecule has 0 aliphatic carbocycles. The average molecular weight is 310 g/mol. The number of carbonyl (C=O) groups is 3. The van der Waals surface area contributed by atoms with E-state index in [0.717, 1.165) is 4.90 Å². The summed E-state index contributed by atoms with van der Waals surface area (Å²) in [6, 6.07) is 9.40. The van der Waals surface area contributed by atoms with Gasteiger partial charge in [-0.2, -0.15) is 0 Å². The fraction of sp³-hybridized carbons (Fsp3) is 0.118. The van der Waals surface area contributed by atoms with Crippen LogP contribution in [0.4, 0.5) is 10.5 Å². The highest BCUT2D eigenvalue weighted by molar-refractivity contribution is 6.39. The molecule has 0 unspecified atom stereocenters. The number of carbonyl (C=O) groups excluding carboxylic acids is 3. The number of nitrogens with zero attached hydrogens (tertiary/aromatic N) is 1. The zero-order valence-electron chi connectivity index (χ0n) is 12.6. The summed E-state index contributed by atoms with van der Waals surface area (Å²) < 4.78 is 5.39. The summed E-state index contributed by atoms with van der Waals surface area (Å²) >= 11 is 0. The molecule has 0 radical (unpaired) electrons. The van der Waals surface area contributed by atoms with E-state index < -0.39 is 17.8 Å². The zero-order chi connectivity index (χ0) is 16.6. The second-order valence-electron chi connectivity index (χ2n) is 5.16. The molecule has 1 aliphatic rings. The number of benzene rings is 1. The summed E-state index contributed by atoms with van der Waals surface area (Å²) in [5, 5.41) is 2.18. The molecule has 0 bridgehead atoms. The summed E-state index contributed by atoms with van der Waals surface area (Å²) in [6.45, 7) is 3.52. The SMILES string of the molecule is Cc1cc(/C=C2\C(=O)NC(=O)N(c3ccccc3)C2=O)c(C)o1. The van der Waals surface area contributed by atoms with Crippen LogP contribution in [0.3, 0.4) is 0 Å². The number of hydrogen-bond acceptors (Lipinski definition) is 4. The molecule has 1 N–H and O–H groups in total. The summed E-state index contributed by atoms with van der Waals surface area (Å²) in [4.78, 5) is 37.6. The average Bonchev–Trinajstić information content (AvgIpc) is 2.82. The van der Waals surface area contributed by atoms with E-state index in [-0.39, 0.29) is 5.57 Å². The molecule has 4 amide bonds. The minimum Gasteiger partial charge on any atom is -0.466 e. The van der Waals surface area contributed by atoms with E-state index in [1.807, 2.05) is 0 Å². The van der Waals surface area contributed by atoms with Crippen LogP contribution in [0.25, 0.3) is 6.08 Å². The van der Waals surface area contributed by atoms with Gasteiger partial charge in [0, 0.05) is 5.56 Å². The van der Waals surface area contributed by atoms with E-state index in [1.54, 1.807) is 50.2 Å². The Hall–Kier alpha value is -3.15. The number of urea groups is 1. The standard InChI is InChI=1S/C17H14N2O4/c1-10-8-12(11(2)23-10)9-14-15(20)18-17(22)19(16(14)21)13-6-4-3-5-7-13/h3-9H,1-2H3,(H,18,20,22)/b14-9+. The maximum Gasteiger partial charge on any atom is 0.335 e. The van der Waals surface area contributed by atoms with E-state index >= 15 is 0 Å². The fourth-order valence-electron chi connectivity index (χ4n) is 2.42. The zero-order valence-corrected chi connectivity index (χ0v) is 12.6. The van der Waals surface area contributed by atoms with Crippen LogP contribution in [0.5, 0.6) is 0 Å². The molecule has 6 nitrogen and oxygen atoms in total. The Morgan fingerprint density at radius 1 is 1.09 bits per heavy atom. The smallest absolute Gasteiger partial charge is 0.335 e. The van der Waals surface area contributed by atoms with Crippen LogP contribution in [-0.2, 0) is 9.59 Å². The van der Waals surface area contributed by atoms with Crippen molar-refractivity contribution in [3.8, 4) is 0 Å². The second kappa shape index (κ2) is 5.57. The van der Waals surface area contributed by atoms with Gasteiger partial charge in [-0.3, -0.25) is 14.9 Å². The third-order valence-corrected chi connectivity index (χ3v) is 3.50. The quantitative estimate of drug-likeness (QED) is 0.683. The molecule has 2 heterocycles. The number of aryl methyl sites for hydroxylation is 2. The van der Waals surface area contributed by atoms with Crippen molar-refractivity contribution in [2.45, 2.75) is 13.8 Å². The molecule has 23 heavy (non-hydrogen) atoms. The Bertz CT molecular complexity index is 834. The number of amides is 4. The van der Waals surface area contributed by atoms with Gasteiger partial charge in [0.25, 0.3) is 11.8 Å². The highest BCUT2D eigenvalue weighted by atomic mass is 16.3. The first kappa shape index (κ1) is 14.8. The van der Waals surface area contributed by atoms with Crippen molar-refractivity contribution in [1.29, 1.82) is 0 Å². The van der Waals surface area contributed by atoms with Crippen molar-refractivity contribution in [3.63, 3.8) is 0 Å². The largest absolute Gasteiger partial charge is 0.466 e. The Balaban J connectivity index is 2.04. The van der Waals surface area contributed by atoms with Gasteiger partial charge < -0.3 is 4.42 Å². The molecule has 0 atom stereocenters. The maximum atomic E-state index is 12.6. The number of nitrogens with one attached hydrogen (secondary N) is 1. The number of imide groups is 2. The van der Waals surface area contributed by atoms with E-state index in [4.69, 9.17) is 4.42 Å². The molecule has 116 valence electrons. The summed E-state index contributed by atoms with van der Waals surface area (Å²) in [7, 11) is 0. The molecular weight excluding hydrogens is 296 g/mol. The summed E-state index contributed by atoms with van der Waals surface area (Å²) in [5.41, 5.74) is 0.911. The molecule has 1 aromatic heterocycles. The molecule has 1 saturated heterocycles. The molecule has 0 spiro atoms. The van der Waals surface area contributed by atoms with Crippen molar-refractivity contribution < 1.29 is 18.8 Å². The lowest BCUT2D eigenvalue weighted by molar-refractivity contribution is -0.122. The van der Waals surface area contributed by atoms with Gasteiger partial charge in [-0.15, -0.1) is 0 Å². The van der Waals surface area contributed by atoms with Gasteiger partial charge in [-0.05, 0) is 38.1 Å². The molecule has 2 aromatic rings. The van der Waals surface area contributed by atoms with Crippen LogP contribution in [-0.4, -0.2) is 17.8 Å². The van der Waals surface area contributed by atoms with E-state index in [1.165, 1.54) is 6.08 Å². The lowest BCUT2D eigenvalue weighted by Crippen LogP contribution is -2.54. The highest BCUT2D eigenvalue weighted by Crippen LogP contribution is 2.23. The number of rotatable bonds is 2. The normalized spacial score (nSPS) is 16.9. The molecular formula is C17H14N2O4. The Morgan fingerprint density at radius 3 is 2.39 bits per heavy atom. The summed E-state index contributed by atoms with van der Waals surface area (Å²) in [6.07, 6.45) is 1.44. The molecule has 3 rings (SSSR count). The predicted molar refractivity (Wildman–Crippen MR) is 83.6 cm³/mol. The third-order valence-electron chi connectivity index (χ3n) is 3.50. The highest BCUT2D eigenvalue weighted by Gasteiger charge is 2.36. The molecule has 0 saturated carbocycles. The first-order valence-corrected chi connectivity index (χ1v) is 7.01. The lowest BCUT2D eigenvalue weighted by Gasteiger charge is -2.26. The second-order valence-corrected chi connectivity index (χ2v) is 5.16. The van der Waals surface area contributed by atoms with Gasteiger partial charge in [-0.1, -0.05) is 18.2 Å². The Kier molecular flexibility index (Phi) is 3.57. The van der Waals surface area contributed by atoms with Crippen LogP contribution < -0.4 is 10.2 Å². The van der Waals surface area contributed by atoms with E-state index in [2.05, 4.69) is 5.32 Å². The molecule has 1 aromatic carbocycles. The van der Waals surface area contributed by atoms with Crippen molar-refractivity contribution >= 4 is 29.6 Å². The topological polar surface area (TPSA) is 79.6 Å². The first-order chi connectivity index (χ1) is 11.0. The number of furan rings is 1. The van der Waals surface area contributed by atoms with Crippen LogP contribution in [0, 0.1) is 13.8 Å². The van der Waals surface area contributed by atoms with Gasteiger partial charge in [0.1, 0.15) is 17.1 Å². The van der Waals surface area contributed by atoms with Gasteiger partial charge in [0.2, 0.25) is 0 Å². The number of para-hydroxylation sites is 1. The predicted octanol–water partition coefficient (Wildman–Crippen LogP) is 2.56. The Labute approximate surface area is 132 Å². The molecule has 6 heteroatoms.